The summed E-state index contributed by atoms with van der Waals surface area (Å²) in [7, 11) is 0. The minimum absolute atomic E-state index is 0.0491. The Morgan fingerprint density at radius 2 is 1.70 bits per heavy atom. The molecule has 0 spiro atoms. The van der Waals surface area contributed by atoms with Gasteiger partial charge in [0.2, 0.25) is 5.78 Å². The fourth-order valence-electron chi connectivity index (χ4n) is 3.86. The molecule has 0 radical (unpaired) electrons. The molecule has 1 N–H and O–H groups in total. The van der Waals surface area contributed by atoms with Crippen LogP contribution in [0.4, 0.5) is 0 Å². The number of benzene rings is 2. The summed E-state index contributed by atoms with van der Waals surface area (Å²) >= 11 is 0. The third kappa shape index (κ3) is 2.11. The maximum atomic E-state index is 12.3. The molecule has 0 unspecified atom stereocenters. The normalized spacial score (nSPS) is 15.2. The van der Waals surface area contributed by atoms with Crippen LogP contribution in [-0.4, -0.2) is 16.7 Å². The molecule has 1 aliphatic rings. The molecule has 0 saturated carbocycles. The lowest BCUT2D eigenvalue weighted by Crippen LogP contribution is -2.23. The molecule has 3 rings (SSSR count). The summed E-state index contributed by atoms with van der Waals surface area (Å²) in [5.74, 6) is -0.229. The van der Waals surface area contributed by atoms with Crippen molar-refractivity contribution in [1.82, 2.24) is 0 Å². The molecular weight excluding hydrogens is 286 g/mol. The van der Waals surface area contributed by atoms with Gasteiger partial charge in [-0.2, -0.15) is 0 Å². The van der Waals surface area contributed by atoms with E-state index in [4.69, 9.17) is 5.21 Å². The average Bonchev–Trinajstić information content (AvgIpc) is 2.90. The van der Waals surface area contributed by atoms with Gasteiger partial charge >= 0.3 is 0 Å². The molecule has 0 bridgehead atoms. The Morgan fingerprint density at radius 1 is 1.04 bits per heavy atom. The molecule has 0 heterocycles. The molecule has 3 heteroatoms. The zero-order valence-electron chi connectivity index (χ0n) is 13.8. The number of nitrogens with zero attached hydrogens (tertiary/aromatic N) is 1. The van der Waals surface area contributed by atoms with Crippen LogP contribution in [0.5, 0.6) is 0 Å². The Bertz CT molecular complexity index is 801. The molecular formula is C20H21NO2. The highest BCUT2D eigenvalue weighted by atomic mass is 16.4. The van der Waals surface area contributed by atoms with Gasteiger partial charge in [-0.1, -0.05) is 55.4 Å². The van der Waals surface area contributed by atoms with Gasteiger partial charge in [0.15, 0.2) is 0 Å². The Morgan fingerprint density at radius 3 is 2.35 bits per heavy atom. The van der Waals surface area contributed by atoms with Crippen molar-refractivity contribution in [2.24, 2.45) is 5.16 Å². The van der Waals surface area contributed by atoms with Crippen LogP contribution >= 0.6 is 0 Å². The summed E-state index contributed by atoms with van der Waals surface area (Å²) in [5, 5.41) is 11.9. The summed E-state index contributed by atoms with van der Waals surface area (Å²) in [4.78, 5) is 12.3. The SMILES string of the molecule is CCC1(CC)c2ccccc2-c2ccc(C(=O)/C(C)=N/O)cc21. The fourth-order valence-corrected chi connectivity index (χ4v) is 3.86. The monoisotopic (exact) mass is 307 g/mol. The third-order valence-electron chi connectivity index (χ3n) is 5.22. The molecule has 0 atom stereocenters. The first-order valence-electron chi connectivity index (χ1n) is 8.06. The van der Waals surface area contributed by atoms with Crippen molar-refractivity contribution in [3.05, 3.63) is 59.2 Å². The molecule has 118 valence electrons. The van der Waals surface area contributed by atoms with E-state index in [-0.39, 0.29) is 16.9 Å². The Labute approximate surface area is 136 Å². The fraction of sp³-hybridized carbons (Fsp3) is 0.300. The largest absolute Gasteiger partial charge is 0.411 e. The van der Waals surface area contributed by atoms with Crippen LogP contribution in [0.2, 0.25) is 0 Å². The zero-order valence-corrected chi connectivity index (χ0v) is 13.8. The molecule has 3 nitrogen and oxygen atoms in total. The highest BCUT2D eigenvalue weighted by Crippen LogP contribution is 2.52. The van der Waals surface area contributed by atoms with E-state index < -0.39 is 0 Å². The second-order valence-corrected chi connectivity index (χ2v) is 6.11. The van der Waals surface area contributed by atoms with Crippen molar-refractivity contribution in [2.45, 2.75) is 39.0 Å². The van der Waals surface area contributed by atoms with E-state index in [9.17, 15) is 4.79 Å². The van der Waals surface area contributed by atoms with Gasteiger partial charge in [0, 0.05) is 11.0 Å². The van der Waals surface area contributed by atoms with Crippen molar-refractivity contribution in [3.8, 4) is 11.1 Å². The number of ketones is 1. The van der Waals surface area contributed by atoms with Gasteiger partial charge in [-0.3, -0.25) is 4.79 Å². The first-order valence-corrected chi connectivity index (χ1v) is 8.06. The standard InChI is InChI=1S/C20H21NO2/c1-4-20(5-2)17-9-7-6-8-15(17)16-11-10-14(12-18(16)20)19(22)13(3)21-23/h6-12,23H,4-5H2,1-3H3/b21-13+. The number of oxime groups is 1. The Hall–Kier alpha value is -2.42. The van der Waals surface area contributed by atoms with Gasteiger partial charge < -0.3 is 5.21 Å². The average molecular weight is 307 g/mol. The smallest absolute Gasteiger partial charge is 0.210 e. The van der Waals surface area contributed by atoms with E-state index in [1.807, 2.05) is 18.2 Å². The quantitative estimate of drug-likeness (QED) is 0.381. The maximum Gasteiger partial charge on any atom is 0.210 e. The van der Waals surface area contributed by atoms with Crippen molar-refractivity contribution >= 4 is 11.5 Å². The molecule has 0 saturated heterocycles. The maximum absolute atomic E-state index is 12.3. The minimum atomic E-state index is -0.229. The summed E-state index contributed by atoms with van der Waals surface area (Å²) < 4.78 is 0. The third-order valence-corrected chi connectivity index (χ3v) is 5.22. The van der Waals surface area contributed by atoms with Gasteiger partial charge in [-0.05, 0) is 48.1 Å². The highest BCUT2D eigenvalue weighted by molar-refractivity contribution is 6.45. The lowest BCUT2D eigenvalue weighted by atomic mass is 9.73. The summed E-state index contributed by atoms with van der Waals surface area (Å²) in [5.41, 5.74) is 5.67. The predicted molar refractivity (Wildman–Crippen MR) is 92.5 cm³/mol. The zero-order chi connectivity index (χ0) is 16.6. The van der Waals surface area contributed by atoms with E-state index in [0.717, 1.165) is 12.8 Å². The molecule has 0 aliphatic heterocycles. The van der Waals surface area contributed by atoms with Crippen LogP contribution in [0, 0.1) is 0 Å². The van der Waals surface area contributed by atoms with E-state index in [1.54, 1.807) is 0 Å². The first-order chi connectivity index (χ1) is 11.1. The lowest BCUT2D eigenvalue weighted by molar-refractivity contribution is 0.106. The van der Waals surface area contributed by atoms with Crippen LogP contribution in [0.1, 0.15) is 55.1 Å². The van der Waals surface area contributed by atoms with Crippen molar-refractivity contribution in [1.29, 1.82) is 0 Å². The van der Waals surface area contributed by atoms with E-state index in [1.165, 1.54) is 29.2 Å². The molecule has 1 aliphatic carbocycles. The Balaban J connectivity index is 2.24. The van der Waals surface area contributed by atoms with Crippen molar-refractivity contribution in [3.63, 3.8) is 0 Å². The number of carbonyl (C=O) groups is 1. The summed E-state index contributed by atoms with van der Waals surface area (Å²) in [6, 6.07) is 14.3. The number of Topliss-reactive ketones (excluding diaryl/α,β-unsaturated/α-hetero) is 1. The number of rotatable bonds is 4. The first kappa shape index (κ1) is 15.5. The Kier molecular flexibility index (Phi) is 3.80. The molecule has 23 heavy (non-hydrogen) atoms. The predicted octanol–water partition coefficient (Wildman–Crippen LogP) is 4.81. The molecule has 2 aromatic rings. The van der Waals surface area contributed by atoms with Crippen LogP contribution in [0.15, 0.2) is 47.6 Å². The van der Waals surface area contributed by atoms with Gasteiger partial charge in [0.05, 0.1) is 0 Å². The molecule has 0 fully saturated rings. The minimum Gasteiger partial charge on any atom is -0.411 e. The van der Waals surface area contributed by atoms with Crippen molar-refractivity contribution in [2.75, 3.05) is 0 Å². The van der Waals surface area contributed by atoms with E-state index in [2.05, 4.69) is 43.3 Å². The van der Waals surface area contributed by atoms with Gasteiger partial charge in [-0.25, -0.2) is 0 Å². The second-order valence-electron chi connectivity index (χ2n) is 6.11. The molecule has 0 aromatic heterocycles. The molecule has 0 amide bonds. The molecule has 2 aromatic carbocycles. The highest BCUT2D eigenvalue weighted by Gasteiger charge is 2.40. The van der Waals surface area contributed by atoms with Crippen molar-refractivity contribution < 1.29 is 10.0 Å². The number of carbonyl (C=O) groups excluding carboxylic acids is 1. The van der Waals surface area contributed by atoms with Crippen LogP contribution in [0.3, 0.4) is 0 Å². The van der Waals surface area contributed by atoms with Gasteiger partial charge in [-0.15, -0.1) is 0 Å². The topological polar surface area (TPSA) is 49.7 Å². The van der Waals surface area contributed by atoms with Crippen LogP contribution in [-0.2, 0) is 5.41 Å². The number of fused-ring (bicyclic) bond motifs is 3. The van der Waals surface area contributed by atoms with Gasteiger partial charge in [0.1, 0.15) is 5.71 Å². The van der Waals surface area contributed by atoms with Crippen LogP contribution in [0.25, 0.3) is 11.1 Å². The summed E-state index contributed by atoms with van der Waals surface area (Å²) in [6.07, 6.45) is 1.97. The number of hydrogen-bond donors (Lipinski definition) is 1. The van der Waals surface area contributed by atoms with Crippen LogP contribution < -0.4 is 0 Å². The van der Waals surface area contributed by atoms with Gasteiger partial charge in [0.25, 0.3) is 0 Å². The summed E-state index contributed by atoms with van der Waals surface area (Å²) in [6.45, 7) is 5.92. The second kappa shape index (κ2) is 5.65. The number of hydrogen-bond acceptors (Lipinski definition) is 3. The van der Waals surface area contributed by atoms with E-state index in [0.29, 0.717) is 5.56 Å². The lowest BCUT2D eigenvalue weighted by Gasteiger charge is -2.29. The van der Waals surface area contributed by atoms with E-state index >= 15 is 0 Å².